The first kappa shape index (κ1) is 25.5. The van der Waals surface area contributed by atoms with E-state index >= 15 is 0 Å². The van der Waals surface area contributed by atoms with Gasteiger partial charge in [-0.3, -0.25) is 0 Å². The second-order valence-corrected chi connectivity index (χ2v) is 2.93. The van der Waals surface area contributed by atoms with Gasteiger partial charge in [0.05, 0.1) is 0 Å². The molecule has 0 aliphatic heterocycles. The Morgan fingerprint density at radius 2 is 1.57 bits per heavy atom. The summed E-state index contributed by atoms with van der Waals surface area (Å²) in [5.74, 6) is 0. The standard InChI is InChI=1S/C8H17.2Nd.HO3P/c1-3-5-7-8-6-4-2;;;1-4(2)3/h3H,4-8H2,1-2H3;;;(H,1,2,3)/q-1;2*+3;/p-1. The van der Waals surface area contributed by atoms with Crippen LogP contribution in [0.3, 0.4) is 0 Å². The summed E-state index contributed by atoms with van der Waals surface area (Å²) in [5, 5.41) is 0. The van der Waals surface area contributed by atoms with Crippen molar-refractivity contribution in [3.8, 4) is 0 Å². The molecule has 0 saturated heterocycles. The third-order valence-corrected chi connectivity index (χ3v) is 1.35. The fourth-order valence-electron chi connectivity index (χ4n) is 0.775. The van der Waals surface area contributed by atoms with Crippen molar-refractivity contribution in [1.82, 2.24) is 0 Å². The van der Waals surface area contributed by atoms with Gasteiger partial charge in [0.1, 0.15) is 0 Å². The van der Waals surface area contributed by atoms with Crippen molar-refractivity contribution < 1.29 is 96.0 Å². The van der Waals surface area contributed by atoms with Crippen LogP contribution in [0.15, 0.2) is 0 Å². The molecule has 0 unspecified atom stereocenters. The quantitative estimate of drug-likeness (QED) is 0.341. The zero-order chi connectivity index (χ0) is 9.82. The Labute approximate surface area is 154 Å². The minimum atomic E-state index is -3.37. The summed E-state index contributed by atoms with van der Waals surface area (Å²) in [6.07, 6.45) is 9.12. The summed E-state index contributed by atoms with van der Waals surface area (Å²) in [5.41, 5.74) is 0. The van der Waals surface area contributed by atoms with E-state index < -0.39 is 8.25 Å². The first-order valence-electron chi connectivity index (χ1n) is 4.24. The van der Waals surface area contributed by atoms with Crippen LogP contribution in [0.1, 0.15) is 46.0 Å². The van der Waals surface area contributed by atoms with Crippen molar-refractivity contribution in [3.63, 3.8) is 0 Å². The first-order valence-corrected chi connectivity index (χ1v) is 5.34. The number of hydrogen-bond acceptors (Lipinski definition) is 3. The van der Waals surface area contributed by atoms with Gasteiger partial charge in [0.15, 0.2) is 0 Å². The van der Waals surface area contributed by atoms with E-state index in [1.165, 1.54) is 32.1 Å². The van der Waals surface area contributed by atoms with Crippen LogP contribution in [-0.4, -0.2) is 0 Å². The molecule has 0 bridgehead atoms. The van der Waals surface area contributed by atoms with Crippen molar-refractivity contribution in [2.75, 3.05) is 0 Å². The molecule has 0 aliphatic rings. The Morgan fingerprint density at radius 3 is 1.86 bits per heavy atom. The molecule has 0 aromatic rings. The van der Waals surface area contributed by atoms with Crippen LogP contribution >= 0.6 is 8.25 Å². The molecule has 0 atom stereocenters. The van der Waals surface area contributed by atoms with E-state index in [-0.39, 0.29) is 81.7 Å². The summed E-state index contributed by atoms with van der Waals surface area (Å²) < 4.78 is 8.48. The van der Waals surface area contributed by atoms with E-state index in [0.717, 1.165) is 0 Å². The summed E-state index contributed by atoms with van der Waals surface area (Å²) in [6.45, 7) is 4.38. The van der Waals surface area contributed by atoms with Crippen LogP contribution in [0.25, 0.3) is 0 Å². The Bertz CT molecular complexity index is 94.6. The summed E-state index contributed by atoms with van der Waals surface area (Å²) >= 11 is 0. The number of rotatable bonds is 5. The molecule has 0 heterocycles. The third-order valence-electron chi connectivity index (χ3n) is 1.35. The Morgan fingerprint density at radius 1 is 1.14 bits per heavy atom. The molecule has 0 rings (SSSR count). The maximum Gasteiger partial charge on any atom is 3.00 e. The normalized spacial score (nSPS) is 7.43. The van der Waals surface area contributed by atoms with Crippen LogP contribution < -0.4 is 9.79 Å². The molecule has 0 aromatic carbocycles. The molecule has 0 fully saturated rings. The molecule has 3 nitrogen and oxygen atoms in total. The predicted octanol–water partition coefficient (Wildman–Crippen LogP) is 1.55. The van der Waals surface area contributed by atoms with E-state index in [1.54, 1.807) is 0 Å². The summed E-state index contributed by atoms with van der Waals surface area (Å²) in [7, 11) is -3.37. The Balaban J connectivity index is -0.0000000733. The second-order valence-electron chi connectivity index (χ2n) is 2.48. The first-order chi connectivity index (χ1) is 5.65. The van der Waals surface area contributed by atoms with Gasteiger partial charge in [-0.25, -0.2) is 0 Å². The SMILES string of the molecule is C[CH-]CCCCCC.O=[P+]([O-])[O-].[Nd+3].[Nd+3]. The van der Waals surface area contributed by atoms with Crippen molar-refractivity contribution in [3.05, 3.63) is 6.42 Å². The van der Waals surface area contributed by atoms with Gasteiger partial charge in [-0.05, 0) is 0 Å². The van der Waals surface area contributed by atoms with Crippen LogP contribution in [0.4, 0.5) is 0 Å². The van der Waals surface area contributed by atoms with Crippen LogP contribution in [-0.2, 0) is 4.57 Å². The molecule has 0 aliphatic carbocycles. The van der Waals surface area contributed by atoms with Crippen LogP contribution in [0.5, 0.6) is 0 Å². The Hall–Kier alpha value is 2.72. The second kappa shape index (κ2) is 24.8. The predicted molar refractivity (Wildman–Crippen MR) is 46.3 cm³/mol. The molecule has 0 N–H and O–H groups in total. The zero-order valence-corrected chi connectivity index (χ0v) is 16.1. The molecule has 0 amide bonds. The molecule has 0 aromatic heterocycles. The van der Waals surface area contributed by atoms with Crippen LogP contribution in [0.2, 0.25) is 0 Å². The van der Waals surface area contributed by atoms with Crippen molar-refractivity contribution >= 4 is 8.25 Å². The molecule has 2 radical (unpaired) electrons. The monoisotopic (exact) mass is 476 g/mol. The van der Waals surface area contributed by atoms with E-state index in [0.29, 0.717) is 0 Å². The van der Waals surface area contributed by atoms with Gasteiger partial charge in [-0.15, -0.1) is 0 Å². The van der Waals surface area contributed by atoms with Gasteiger partial charge >= 0.3 is 81.7 Å². The molecule has 0 spiro atoms. The Kier molecular flexibility index (Phi) is 45.2. The smallest absolute Gasteiger partial charge is 0.598 e. The molecule has 76 valence electrons. The fourth-order valence-corrected chi connectivity index (χ4v) is 0.775. The van der Waals surface area contributed by atoms with Gasteiger partial charge in [-0.2, -0.15) is 13.3 Å². The largest absolute Gasteiger partial charge is 3.00 e. The number of hydrogen-bond donors (Lipinski definition) is 0. The summed E-state index contributed by atoms with van der Waals surface area (Å²) in [4.78, 5) is 17.0. The minimum Gasteiger partial charge on any atom is -0.598 e. The maximum absolute atomic E-state index is 8.48. The van der Waals surface area contributed by atoms with Gasteiger partial charge < -0.3 is 16.2 Å². The van der Waals surface area contributed by atoms with Crippen molar-refractivity contribution in [2.24, 2.45) is 0 Å². The third kappa shape index (κ3) is 46.5. The fraction of sp³-hybridized carbons (Fsp3) is 0.875. The van der Waals surface area contributed by atoms with Gasteiger partial charge in [0, 0.05) is 0 Å². The maximum atomic E-state index is 8.48. The van der Waals surface area contributed by atoms with Crippen LogP contribution in [0, 0.1) is 88.1 Å². The molecule has 14 heavy (non-hydrogen) atoms. The topological polar surface area (TPSA) is 63.2 Å². The molecule has 6 heteroatoms. The van der Waals surface area contributed by atoms with E-state index in [4.69, 9.17) is 14.4 Å². The average molecular weight is 481 g/mol. The van der Waals surface area contributed by atoms with Crippen molar-refractivity contribution in [1.29, 1.82) is 0 Å². The number of unbranched alkanes of at least 4 members (excludes halogenated alkanes) is 5. The average Bonchev–Trinajstić information content (AvgIpc) is 1.97. The van der Waals surface area contributed by atoms with Gasteiger partial charge in [-0.1, -0.05) is 37.2 Å². The van der Waals surface area contributed by atoms with E-state index in [2.05, 4.69) is 20.3 Å². The zero-order valence-electron chi connectivity index (χ0n) is 8.78. The van der Waals surface area contributed by atoms with E-state index in [9.17, 15) is 0 Å². The van der Waals surface area contributed by atoms with Crippen molar-refractivity contribution in [2.45, 2.75) is 46.0 Å². The van der Waals surface area contributed by atoms with Gasteiger partial charge in [0.2, 0.25) is 0 Å². The molecular formula is C8H17Nd2O3P+4. The molecule has 0 saturated carbocycles. The minimum absolute atomic E-state index is 0. The summed E-state index contributed by atoms with van der Waals surface area (Å²) in [6, 6.07) is 0. The molecular weight excluding hydrogens is 464 g/mol. The van der Waals surface area contributed by atoms with E-state index in [1.807, 2.05) is 0 Å². The van der Waals surface area contributed by atoms with Gasteiger partial charge in [0.25, 0.3) is 8.25 Å².